The maximum Gasteiger partial charge on any atom is 0.256 e. The molecule has 3 N–H and O–H groups in total. The van der Waals surface area contributed by atoms with Gasteiger partial charge in [0.15, 0.2) is 0 Å². The molecule has 5 nitrogen and oxygen atoms in total. The lowest BCUT2D eigenvalue weighted by Gasteiger charge is -2.06. The third-order valence-electron chi connectivity index (χ3n) is 4.02. The maximum absolute atomic E-state index is 12.4. The zero-order chi connectivity index (χ0) is 17.1. The van der Waals surface area contributed by atoms with Crippen molar-refractivity contribution in [3.63, 3.8) is 0 Å². The summed E-state index contributed by atoms with van der Waals surface area (Å²) in [6.07, 6.45) is 7.29. The van der Waals surface area contributed by atoms with Crippen molar-refractivity contribution < 1.29 is 14.6 Å². The van der Waals surface area contributed by atoms with E-state index in [0.717, 1.165) is 22.5 Å². The number of anilines is 1. The molecule has 0 fully saturated rings. The van der Waals surface area contributed by atoms with Crippen LogP contribution in [0.2, 0.25) is 0 Å². The third kappa shape index (κ3) is 2.98. The van der Waals surface area contributed by atoms with Crippen molar-refractivity contribution in [3.8, 4) is 5.75 Å². The van der Waals surface area contributed by atoms with Crippen molar-refractivity contribution in [1.29, 1.82) is 0 Å². The van der Waals surface area contributed by atoms with Crippen LogP contribution in [0.3, 0.4) is 0 Å². The molecule has 1 aromatic carbocycles. The molecule has 24 heavy (non-hydrogen) atoms. The first kappa shape index (κ1) is 16.1. The molecule has 1 aliphatic heterocycles. The number of aliphatic hydroxyl groups excluding tert-OH is 1. The molecule has 2 heterocycles. The summed E-state index contributed by atoms with van der Waals surface area (Å²) >= 11 is 0. The van der Waals surface area contributed by atoms with Gasteiger partial charge in [-0.25, -0.2) is 0 Å². The van der Waals surface area contributed by atoms with Crippen molar-refractivity contribution >= 4 is 29.3 Å². The van der Waals surface area contributed by atoms with Crippen LogP contribution in [0.15, 0.2) is 36.5 Å². The lowest BCUT2D eigenvalue weighted by molar-refractivity contribution is -0.110. The van der Waals surface area contributed by atoms with Crippen LogP contribution in [0.5, 0.6) is 5.75 Å². The monoisotopic (exact) mass is 324 g/mol. The van der Waals surface area contributed by atoms with Gasteiger partial charge in [-0.2, -0.15) is 0 Å². The summed E-state index contributed by atoms with van der Waals surface area (Å²) in [4.78, 5) is 15.5. The first-order chi connectivity index (χ1) is 11.6. The summed E-state index contributed by atoms with van der Waals surface area (Å²) < 4.78 is 5.29. The largest absolute Gasteiger partial charge is 0.495 e. The SMILES string of the molecule is CCC(O)C=Cc1cccc2c1C(=Cc1[nH]ccc1OC)C(=O)N2. The Hall–Kier alpha value is -2.79. The fourth-order valence-electron chi connectivity index (χ4n) is 2.71. The van der Waals surface area contributed by atoms with Crippen LogP contribution in [-0.2, 0) is 4.79 Å². The number of aromatic nitrogens is 1. The Kier molecular flexibility index (Phi) is 4.53. The number of methoxy groups -OCH3 is 1. The Morgan fingerprint density at radius 2 is 2.17 bits per heavy atom. The van der Waals surface area contributed by atoms with Crippen LogP contribution in [0.1, 0.15) is 30.2 Å². The Balaban J connectivity index is 2.07. The van der Waals surface area contributed by atoms with Crippen molar-refractivity contribution in [2.75, 3.05) is 12.4 Å². The number of hydrogen-bond donors (Lipinski definition) is 3. The molecule has 1 aliphatic rings. The quantitative estimate of drug-likeness (QED) is 0.739. The second-order valence-electron chi connectivity index (χ2n) is 5.58. The number of rotatable bonds is 5. The van der Waals surface area contributed by atoms with Gasteiger partial charge in [0.1, 0.15) is 5.75 Å². The summed E-state index contributed by atoms with van der Waals surface area (Å²) in [5.41, 5.74) is 3.79. The Bertz CT molecular complexity index is 818. The molecule has 5 heteroatoms. The minimum atomic E-state index is -0.498. The predicted octanol–water partition coefficient (Wildman–Crippen LogP) is 3.30. The topological polar surface area (TPSA) is 74.3 Å². The van der Waals surface area contributed by atoms with Gasteiger partial charge in [0.05, 0.1) is 24.5 Å². The number of amides is 1. The highest BCUT2D eigenvalue weighted by atomic mass is 16.5. The summed E-state index contributed by atoms with van der Waals surface area (Å²) in [6, 6.07) is 7.49. The Labute approximate surface area is 140 Å². The van der Waals surface area contributed by atoms with Crippen LogP contribution in [-0.4, -0.2) is 29.2 Å². The summed E-state index contributed by atoms with van der Waals surface area (Å²) in [5, 5.41) is 12.6. The third-order valence-corrected chi connectivity index (χ3v) is 4.02. The van der Waals surface area contributed by atoms with Gasteiger partial charge in [-0.3, -0.25) is 4.79 Å². The lowest BCUT2D eigenvalue weighted by Crippen LogP contribution is -2.03. The standard InChI is InChI=1S/C19H20N2O3/c1-3-13(22)8-7-12-5-4-6-15-18(12)14(19(23)21-15)11-16-17(24-2)9-10-20-16/h4-11,13,20,22H,3H2,1-2H3,(H,21,23). The Morgan fingerprint density at radius 1 is 1.33 bits per heavy atom. The van der Waals surface area contributed by atoms with E-state index < -0.39 is 6.10 Å². The molecule has 1 atom stereocenters. The van der Waals surface area contributed by atoms with E-state index >= 15 is 0 Å². The molecule has 0 aliphatic carbocycles. The summed E-state index contributed by atoms with van der Waals surface area (Å²) in [6.45, 7) is 1.92. The highest BCUT2D eigenvalue weighted by Gasteiger charge is 2.26. The smallest absolute Gasteiger partial charge is 0.256 e. The number of fused-ring (bicyclic) bond motifs is 1. The van der Waals surface area contributed by atoms with Crippen LogP contribution < -0.4 is 10.1 Å². The maximum atomic E-state index is 12.4. The van der Waals surface area contributed by atoms with Gasteiger partial charge in [0.2, 0.25) is 0 Å². The number of ether oxygens (including phenoxy) is 1. The average Bonchev–Trinajstić information content (AvgIpc) is 3.17. The van der Waals surface area contributed by atoms with Gasteiger partial charge in [-0.05, 0) is 30.2 Å². The van der Waals surface area contributed by atoms with Crippen molar-refractivity contribution in [1.82, 2.24) is 4.98 Å². The molecular formula is C19H20N2O3. The number of hydrogen-bond acceptors (Lipinski definition) is 3. The zero-order valence-corrected chi connectivity index (χ0v) is 13.7. The number of carbonyl (C=O) groups excluding carboxylic acids is 1. The molecule has 0 bridgehead atoms. The van der Waals surface area contributed by atoms with Gasteiger partial charge in [-0.15, -0.1) is 0 Å². The normalized spacial score (nSPS) is 16.5. The van der Waals surface area contributed by atoms with E-state index in [2.05, 4.69) is 10.3 Å². The molecule has 1 unspecified atom stereocenters. The fourth-order valence-corrected chi connectivity index (χ4v) is 2.71. The number of carbonyl (C=O) groups is 1. The summed E-state index contributed by atoms with van der Waals surface area (Å²) in [7, 11) is 1.59. The van der Waals surface area contributed by atoms with E-state index in [1.807, 2.05) is 37.3 Å². The van der Waals surface area contributed by atoms with E-state index in [-0.39, 0.29) is 5.91 Å². The van der Waals surface area contributed by atoms with Crippen LogP contribution in [0.25, 0.3) is 17.7 Å². The van der Waals surface area contributed by atoms with Crippen LogP contribution in [0.4, 0.5) is 5.69 Å². The van der Waals surface area contributed by atoms with Gasteiger partial charge in [0, 0.05) is 17.4 Å². The molecule has 0 radical (unpaired) electrons. The van der Waals surface area contributed by atoms with E-state index in [1.165, 1.54) is 0 Å². The van der Waals surface area contributed by atoms with Crippen molar-refractivity contribution in [3.05, 3.63) is 53.4 Å². The molecule has 0 spiro atoms. The molecule has 124 valence electrons. The molecule has 0 saturated carbocycles. The van der Waals surface area contributed by atoms with Gasteiger partial charge in [0.25, 0.3) is 5.91 Å². The van der Waals surface area contributed by atoms with Crippen molar-refractivity contribution in [2.24, 2.45) is 0 Å². The number of aromatic amines is 1. The number of H-pyrrole nitrogens is 1. The first-order valence-electron chi connectivity index (χ1n) is 7.88. The van der Waals surface area contributed by atoms with Gasteiger partial charge < -0.3 is 20.1 Å². The first-order valence-corrected chi connectivity index (χ1v) is 7.88. The Morgan fingerprint density at radius 3 is 2.92 bits per heavy atom. The molecule has 2 aromatic rings. The number of benzene rings is 1. The molecule has 3 rings (SSSR count). The van der Waals surface area contributed by atoms with Crippen molar-refractivity contribution in [2.45, 2.75) is 19.4 Å². The second kappa shape index (κ2) is 6.76. The van der Waals surface area contributed by atoms with Gasteiger partial charge >= 0.3 is 0 Å². The predicted molar refractivity (Wildman–Crippen MR) is 95.6 cm³/mol. The zero-order valence-electron chi connectivity index (χ0n) is 13.7. The van der Waals surface area contributed by atoms with E-state index in [4.69, 9.17) is 4.74 Å². The lowest BCUT2D eigenvalue weighted by atomic mass is 9.98. The molecular weight excluding hydrogens is 304 g/mol. The van der Waals surface area contributed by atoms with E-state index in [0.29, 0.717) is 17.7 Å². The summed E-state index contributed by atoms with van der Waals surface area (Å²) in [5.74, 6) is 0.525. The van der Waals surface area contributed by atoms with Crippen LogP contribution in [0, 0.1) is 0 Å². The highest BCUT2D eigenvalue weighted by molar-refractivity contribution is 6.35. The van der Waals surface area contributed by atoms with E-state index in [9.17, 15) is 9.90 Å². The molecule has 0 saturated heterocycles. The minimum Gasteiger partial charge on any atom is -0.495 e. The van der Waals surface area contributed by atoms with Gasteiger partial charge in [-0.1, -0.05) is 31.2 Å². The fraction of sp³-hybridized carbons (Fsp3) is 0.211. The number of aliphatic hydroxyl groups is 1. The molecule has 1 amide bonds. The van der Waals surface area contributed by atoms with E-state index in [1.54, 1.807) is 25.5 Å². The second-order valence-corrected chi connectivity index (χ2v) is 5.58. The number of nitrogens with one attached hydrogen (secondary N) is 2. The molecule has 1 aromatic heterocycles. The van der Waals surface area contributed by atoms with Crippen LogP contribution >= 0.6 is 0 Å². The average molecular weight is 324 g/mol. The highest BCUT2D eigenvalue weighted by Crippen LogP contribution is 2.37. The minimum absolute atomic E-state index is 0.154.